The molecule has 1 amide bonds. The summed E-state index contributed by atoms with van der Waals surface area (Å²) in [7, 11) is 0. The lowest BCUT2D eigenvalue weighted by Gasteiger charge is -2.31. The predicted molar refractivity (Wildman–Crippen MR) is 73.6 cm³/mol. The summed E-state index contributed by atoms with van der Waals surface area (Å²) in [5, 5.41) is 12.2. The van der Waals surface area contributed by atoms with E-state index in [4.69, 9.17) is 5.73 Å². The first-order valence-electron chi connectivity index (χ1n) is 7.24. The van der Waals surface area contributed by atoms with Gasteiger partial charge >= 0.3 is 5.97 Å². The van der Waals surface area contributed by atoms with Crippen LogP contribution < -0.4 is 11.1 Å². The molecule has 19 heavy (non-hydrogen) atoms. The molecule has 110 valence electrons. The van der Waals surface area contributed by atoms with Gasteiger partial charge in [-0.3, -0.25) is 4.79 Å². The molecule has 1 rings (SSSR count). The van der Waals surface area contributed by atoms with E-state index in [9.17, 15) is 14.7 Å². The molecule has 5 heteroatoms. The fraction of sp³-hybridized carbons (Fsp3) is 0.857. The third-order valence-electron chi connectivity index (χ3n) is 4.29. The van der Waals surface area contributed by atoms with Gasteiger partial charge in [-0.25, -0.2) is 4.79 Å². The van der Waals surface area contributed by atoms with Gasteiger partial charge in [0.1, 0.15) is 5.54 Å². The van der Waals surface area contributed by atoms with Crippen molar-refractivity contribution in [2.45, 2.75) is 70.4 Å². The highest BCUT2D eigenvalue weighted by Gasteiger charge is 2.41. The van der Waals surface area contributed by atoms with Crippen molar-refractivity contribution in [1.29, 1.82) is 0 Å². The van der Waals surface area contributed by atoms with Crippen LogP contribution in [0.2, 0.25) is 0 Å². The molecule has 2 atom stereocenters. The van der Waals surface area contributed by atoms with Crippen LogP contribution in [0.25, 0.3) is 0 Å². The number of carboxylic acid groups (broad SMARTS) is 1. The van der Waals surface area contributed by atoms with Gasteiger partial charge in [0.2, 0.25) is 5.91 Å². The van der Waals surface area contributed by atoms with Gasteiger partial charge in [0.25, 0.3) is 0 Å². The zero-order valence-corrected chi connectivity index (χ0v) is 11.9. The summed E-state index contributed by atoms with van der Waals surface area (Å²) in [6.45, 7) is 3.88. The molecule has 1 aliphatic rings. The minimum absolute atomic E-state index is 0.0524. The predicted octanol–water partition coefficient (Wildman–Crippen LogP) is 1.65. The van der Waals surface area contributed by atoms with Crippen LogP contribution in [0.5, 0.6) is 0 Å². The Morgan fingerprint density at radius 1 is 1.26 bits per heavy atom. The maximum Gasteiger partial charge on any atom is 0.329 e. The monoisotopic (exact) mass is 270 g/mol. The van der Waals surface area contributed by atoms with Gasteiger partial charge in [0.05, 0.1) is 6.04 Å². The summed E-state index contributed by atoms with van der Waals surface area (Å²) in [6.07, 6.45) is 5.54. The molecule has 0 aliphatic heterocycles. The van der Waals surface area contributed by atoms with Crippen molar-refractivity contribution >= 4 is 11.9 Å². The molecule has 0 spiro atoms. The average Bonchev–Trinajstić information content (AvgIpc) is 2.63. The van der Waals surface area contributed by atoms with Gasteiger partial charge in [-0.15, -0.1) is 0 Å². The van der Waals surface area contributed by atoms with E-state index in [2.05, 4.69) is 5.32 Å². The summed E-state index contributed by atoms with van der Waals surface area (Å²) >= 11 is 0. The van der Waals surface area contributed by atoms with Crippen LogP contribution in [0, 0.1) is 5.92 Å². The van der Waals surface area contributed by atoms with Crippen LogP contribution >= 0.6 is 0 Å². The first-order chi connectivity index (χ1) is 8.93. The lowest BCUT2D eigenvalue weighted by atomic mass is 9.89. The molecule has 0 heterocycles. The lowest BCUT2D eigenvalue weighted by Crippen LogP contribution is -2.59. The van der Waals surface area contributed by atoms with E-state index in [-0.39, 0.29) is 11.8 Å². The molecule has 0 aromatic heterocycles. The second-order valence-corrected chi connectivity index (χ2v) is 5.70. The van der Waals surface area contributed by atoms with E-state index in [0.717, 1.165) is 32.1 Å². The Labute approximate surface area is 114 Å². The minimum Gasteiger partial charge on any atom is -0.480 e. The van der Waals surface area contributed by atoms with E-state index in [1.807, 2.05) is 13.8 Å². The maximum absolute atomic E-state index is 12.1. The number of rotatable bonds is 5. The fourth-order valence-corrected chi connectivity index (χ4v) is 2.56. The Balaban J connectivity index is 2.78. The number of amides is 1. The molecule has 0 saturated heterocycles. The second kappa shape index (κ2) is 6.89. The normalized spacial score (nSPS) is 22.1. The summed E-state index contributed by atoms with van der Waals surface area (Å²) in [5.41, 5.74) is 4.77. The van der Waals surface area contributed by atoms with Gasteiger partial charge in [0.15, 0.2) is 0 Å². The van der Waals surface area contributed by atoms with E-state index < -0.39 is 17.6 Å². The van der Waals surface area contributed by atoms with E-state index in [0.29, 0.717) is 12.8 Å². The van der Waals surface area contributed by atoms with Crippen LogP contribution in [0.3, 0.4) is 0 Å². The van der Waals surface area contributed by atoms with E-state index in [1.165, 1.54) is 0 Å². The molecule has 0 aromatic rings. The number of carboxylic acids is 1. The van der Waals surface area contributed by atoms with Crippen molar-refractivity contribution in [3.63, 3.8) is 0 Å². The molecule has 4 N–H and O–H groups in total. The second-order valence-electron chi connectivity index (χ2n) is 5.70. The Kier molecular flexibility index (Phi) is 5.79. The van der Waals surface area contributed by atoms with Crippen molar-refractivity contribution in [3.05, 3.63) is 0 Å². The third kappa shape index (κ3) is 3.93. The Morgan fingerprint density at radius 3 is 2.21 bits per heavy atom. The number of aliphatic carboxylic acids is 1. The lowest BCUT2D eigenvalue weighted by molar-refractivity contribution is -0.148. The Hall–Kier alpha value is -1.10. The van der Waals surface area contributed by atoms with Crippen molar-refractivity contribution in [2.24, 2.45) is 11.7 Å². The molecule has 1 saturated carbocycles. The molecule has 0 unspecified atom stereocenters. The summed E-state index contributed by atoms with van der Waals surface area (Å²) < 4.78 is 0. The van der Waals surface area contributed by atoms with Crippen LogP contribution in [0.15, 0.2) is 0 Å². The highest BCUT2D eigenvalue weighted by atomic mass is 16.4. The highest BCUT2D eigenvalue weighted by molar-refractivity contribution is 5.89. The molecule has 0 bridgehead atoms. The van der Waals surface area contributed by atoms with Gasteiger partial charge in [-0.1, -0.05) is 46.0 Å². The van der Waals surface area contributed by atoms with E-state index >= 15 is 0 Å². The van der Waals surface area contributed by atoms with Gasteiger partial charge in [-0.2, -0.15) is 0 Å². The number of carbonyl (C=O) groups excluding carboxylic acids is 1. The number of nitrogens with two attached hydrogens (primary N) is 1. The molecular formula is C14H26N2O3. The SMILES string of the molecule is CC[C@H](C)[C@H](N)C(=O)NC1(C(=O)O)CCCCCC1. The van der Waals surface area contributed by atoms with Gasteiger partial charge in [-0.05, 0) is 18.8 Å². The van der Waals surface area contributed by atoms with Crippen molar-refractivity contribution in [2.75, 3.05) is 0 Å². The van der Waals surface area contributed by atoms with Crippen molar-refractivity contribution < 1.29 is 14.7 Å². The van der Waals surface area contributed by atoms with Gasteiger partial charge in [0, 0.05) is 0 Å². The smallest absolute Gasteiger partial charge is 0.329 e. The Morgan fingerprint density at radius 2 is 1.79 bits per heavy atom. The molecular weight excluding hydrogens is 244 g/mol. The zero-order chi connectivity index (χ0) is 14.5. The molecule has 0 aromatic carbocycles. The third-order valence-corrected chi connectivity index (χ3v) is 4.29. The number of hydrogen-bond donors (Lipinski definition) is 3. The largest absolute Gasteiger partial charge is 0.480 e. The van der Waals surface area contributed by atoms with Crippen molar-refractivity contribution in [1.82, 2.24) is 5.32 Å². The van der Waals surface area contributed by atoms with Crippen LogP contribution in [0.4, 0.5) is 0 Å². The van der Waals surface area contributed by atoms with Crippen molar-refractivity contribution in [3.8, 4) is 0 Å². The van der Waals surface area contributed by atoms with Crippen LogP contribution in [-0.2, 0) is 9.59 Å². The molecule has 0 radical (unpaired) electrons. The number of nitrogens with one attached hydrogen (secondary N) is 1. The molecule has 5 nitrogen and oxygen atoms in total. The summed E-state index contributed by atoms with van der Waals surface area (Å²) in [5.74, 6) is -1.21. The quantitative estimate of drug-likeness (QED) is 0.662. The summed E-state index contributed by atoms with van der Waals surface area (Å²) in [4.78, 5) is 23.7. The van der Waals surface area contributed by atoms with E-state index in [1.54, 1.807) is 0 Å². The first-order valence-corrected chi connectivity index (χ1v) is 7.24. The first kappa shape index (κ1) is 16.0. The zero-order valence-electron chi connectivity index (χ0n) is 11.9. The topological polar surface area (TPSA) is 92.4 Å². The standard InChI is InChI=1S/C14H26N2O3/c1-3-10(2)11(15)12(17)16-14(13(18)19)8-6-4-5-7-9-14/h10-11H,3-9,15H2,1-2H3,(H,16,17)(H,18,19)/t10-,11-/m0/s1. The van der Waals surface area contributed by atoms with Crippen LogP contribution in [0.1, 0.15) is 58.8 Å². The van der Waals surface area contributed by atoms with Crippen LogP contribution in [-0.4, -0.2) is 28.6 Å². The number of hydrogen-bond acceptors (Lipinski definition) is 3. The average molecular weight is 270 g/mol. The minimum atomic E-state index is -1.11. The number of carbonyl (C=O) groups is 2. The van der Waals surface area contributed by atoms with Gasteiger partial charge < -0.3 is 16.2 Å². The summed E-state index contributed by atoms with van der Waals surface area (Å²) in [6, 6.07) is -0.635. The molecule has 1 fully saturated rings. The fourth-order valence-electron chi connectivity index (χ4n) is 2.56. The molecule has 1 aliphatic carbocycles. The highest BCUT2D eigenvalue weighted by Crippen LogP contribution is 2.27. The maximum atomic E-state index is 12.1. The Bertz CT molecular complexity index is 323.